The largest absolute Gasteiger partial charge is 0.361 e. The Balaban J connectivity index is 2.04. The van der Waals surface area contributed by atoms with E-state index < -0.39 is 0 Å². The fourth-order valence-corrected chi connectivity index (χ4v) is 2.69. The molecule has 72 valence electrons. The maximum atomic E-state index is 2.53. The molecule has 1 heteroatoms. The van der Waals surface area contributed by atoms with Crippen LogP contribution in [0, 0.1) is 0 Å². The van der Waals surface area contributed by atoms with Crippen LogP contribution in [0.1, 0.15) is 25.8 Å². The highest BCUT2D eigenvalue weighted by molar-refractivity contribution is 5.73. The summed E-state index contributed by atoms with van der Waals surface area (Å²) in [4.78, 5) is 2.53. The van der Waals surface area contributed by atoms with Crippen LogP contribution in [-0.4, -0.2) is 17.0 Å². The van der Waals surface area contributed by atoms with Crippen molar-refractivity contribution in [1.82, 2.24) is 4.90 Å². The molecule has 2 aliphatic heterocycles. The number of rotatable bonds is 1. The van der Waals surface area contributed by atoms with Crippen LogP contribution in [0.5, 0.6) is 0 Å². The molecular formula is C13H15N. The molecule has 0 saturated carbocycles. The Labute approximate surface area is 85.0 Å². The van der Waals surface area contributed by atoms with Gasteiger partial charge in [-0.15, -0.1) is 0 Å². The number of benzene rings is 1. The van der Waals surface area contributed by atoms with Crippen LogP contribution in [0.2, 0.25) is 0 Å². The van der Waals surface area contributed by atoms with E-state index in [1.54, 1.807) is 5.57 Å². The molecule has 0 radical (unpaired) electrons. The molecule has 14 heavy (non-hydrogen) atoms. The Hall–Kier alpha value is -1.24. The van der Waals surface area contributed by atoms with Gasteiger partial charge in [-0.05, 0) is 31.4 Å². The smallest absolute Gasteiger partial charge is 0.0587 e. The van der Waals surface area contributed by atoms with E-state index in [4.69, 9.17) is 0 Å². The summed E-state index contributed by atoms with van der Waals surface area (Å²) in [5, 5.41) is 0. The van der Waals surface area contributed by atoms with Crippen molar-refractivity contribution in [2.24, 2.45) is 0 Å². The summed E-state index contributed by atoms with van der Waals surface area (Å²) in [6.45, 7) is 5.86. The van der Waals surface area contributed by atoms with E-state index in [-0.39, 0.29) is 0 Å². The molecular weight excluding hydrogens is 170 g/mol. The Morgan fingerprint density at radius 3 is 2.50 bits per heavy atom. The topological polar surface area (TPSA) is 3.01 Å². The third-order valence-corrected chi connectivity index (χ3v) is 3.41. The second-order valence-corrected chi connectivity index (χ2v) is 4.75. The van der Waals surface area contributed by atoms with Crippen molar-refractivity contribution in [3.63, 3.8) is 0 Å². The van der Waals surface area contributed by atoms with Gasteiger partial charge in [0.1, 0.15) is 0 Å². The van der Waals surface area contributed by atoms with Crippen LogP contribution in [0.15, 0.2) is 35.9 Å². The molecule has 1 unspecified atom stereocenters. The number of nitrogens with zero attached hydrogens (tertiary/aromatic N) is 1. The van der Waals surface area contributed by atoms with Gasteiger partial charge in [0.25, 0.3) is 0 Å². The van der Waals surface area contributed by atoms with Gasteiger partial charge >= 0.3 is 0 Å². The molecule has 0 N–H and O–H groups in total. The summed E-state index contributed by atoms with van der Waals surface area (Å²) < 4.78 is 0. The molecule has 1 fully saturated rings. The first-order chi connectivity index (χ1) is 6.71. The lowest BCUT2D eigenvalue weighted by molar-refractivity contribution is 0.586. The predicted octanol–water partition coefficient (Wildman–Crippen LogP) is 2.90. The zero-order valence-electron chi connectivity index (χ0n) is 8.75. The van der Waals surface area contributed by atoms with E-state index in [9.17, 15) is 0 Å². The fraction of sp³-hybridized carbons (Fsp3) is 0.385. The number of fused-ring (bicyclic) bond motifs is 1. The van der Waals surface area contributed by atoms with Crippen LogP contribution in [0.4, 0.5) is 0 Å². The van der Waals surface area contributed by atoms with Crippen molar-refractivity contribution in [1.29, 1.82) is 0 Å². The number of hydrogen-bond donors (Lipinski definition) is 0. The van der Waals surface area contributed by atoms with Crippen molar-refractivity contribution in [3.05, 3.63) is 41.5 Å². The summed E-state index contributed by atoms with van der Waals surface area (Å²) in [5.74, 6) is 0. The minimum Gasteiger partial charge on any atom is -0.361 e. The Bertz CT molecular complexity index is 405. The van der Waals surface area contributed by atoms with Gasteiger partial charge in [0.2, 0.25) is 0 Å². The predicted molar refractivity (Wildman–Crippen MR) is 58.8 cm³/mol. The highest BCUT2D eigenvalue weighted by atomic mass is 15.4. The SMILES string of the molecule is CC1=C(c2ccccc2)N2CC2(C)C1. The van der Waals surface area contributed by atoms with Crippen LogP contribution in [-0.2, 0) is 0 Å². The van der Waals surface area contributed by atoms with Gasteiger partial charge in [-0.1, -0.05) is 30.3 Å². The van der Waals surface area contributed by atoms with Gasteiger partial charge in [-0.3, -0.25) is 0 Å². The lowest BCUT2D eigenvalue weighted by Crippen LogP contribution is -2.05. The third-order valence-electron chi connectivity index (χ3n) is 3.41. The van der Waals surface area contributed by atoms with E-state index >= 15 is 0 Å². The summed E-state index contributed by atoms with van der Waals surface area (Å²) >= 11 is 0. The molecule has 1 atom stereocenters. The monoisotopic (exact) mass is 185 g/mol. The minimum atomic E-state index is 0.468. The first-order valence-electron chi connectivity index (χ1n) is 5.23. The number of hydrogen-bond acceptors (Lipinski definition) is 1. The second kappa shape index (κ2) is 2.41. The van der Waals surface area contributed by atoms with Gasteiger partial charge in [-0.2, -0.15) is 0 Å². The maximum Gasteiger partial charge on any atom is 0.0587 e. The van der Waals surface area contributed by atoms with E-state index in [0.717, 1.165) is 0 Å². The maximum absolute atomic E-state index is 2.53. The van der Waals surface area contributed by atoms with Crippen molar-refractivity contribution in [2.75, 3.05) is 6.54 Å². The average molecular weight is 185 g/mol. The molecule has 0 spiro atoms. The van der Waals surface area contributed by atoms with Crippen LogP contribution in [0.3, 0.4) is 0 Å². The van der Waals surface area contributed by atoms with Crippen molar-refractivity contribution in [3.8, 4) is 0 Å². The van der Waals surface area contributed by atoms with Gasteiger partial charge in [0.15, 0.2) is 0 Å². The quantitative estimate of drug-likeness (QED) is 0.608. The first kappa shape index (κ1) is 8.10. The second-order valence-electron chi connectivity index (χ2n) is 4.75. The molecule has 1 saturated heterocycles. The normalized spacial score (nSPS) is 29.4. The summed E-state index contributed by atoms with van der Waals surface area (Å²) in [5.41, 5.74) is 4.87. The Kier molecular flexibility index (Phi) is 1.40. The van der Waals surface area contributed by atoms with Crippen molar-refractivity contribution >= 4 is 5.70 Å². The molecule has 2 aliphatic rings. The molecule has 2 heterocycles. The highest BCUT2D eigenvalue weighted by Gasteiger charge is 2.53. The Morgan fingerprint density at radius 1 is 1.21 bits per heavy atom. The fourth-order valence-electron chi connectivity index (χ4n) is 2.69. The summed E-state index contributed by atoms with van der Waals surface area (Å²) in [7, 11) is 0. The van der Waals surface area contributed by atoms with Gasteiger partial charge in [0.05, 0.1) is 5.54 Å². The summed E-state index contributed by atoms with van der Waals surface area (Å²) in [6, 6.07) is 10.7. The highest BCUT2D eigenvalue weighted by Crippen LogP contribution is 2.52. The zero-order valence-corrected chi connectivity index (χ0v) is 8.75. The van der Waals surface area contributed by atoms with Gasteiger partial charge in [0, 0.05) is 12.2 Å². The standard InChI is InChI=1S/C13H15N/c1-10-8-13(2)9-14(13)12(10)11-6-4-3-5-7-11/h3-7H,8-9H2,1-2H3. The van der Waals surface area contributed by atoms with Crippen LogP contribution < -0.4 is 0 Å². The average Bonchev–Trinajstić information content (AvgIpc) is 2.72. The van der Waals surface area contributed by atoms with Crippen molar-refractivity contribution < 1.29 is 0 Å². The van der Waals surface area contributed by atoms with E-state index in [2.05, 4.69) is 49.1 Å². The first-order valence-corrected chi connectivity index (χ1v) is 5.23. The molecule has 1 aromatic rings. The van der Waals surface area contributed by atoms with Gasteiger partial charge < -0.3 is 4.90 Å². The van der Waals surface area contributed by atoms with E-state index in [1.165, 1.54) is 24.2 Å². The van der Waals surface area contributed by atoms with Crippen LogP contribution in [0.25, 0.3) is 5.70 Å². The molecule has 0 aromatic heterocycles. The summed E-state index contributed by atoms with van der Waals surface area (Å²) in [6.07, 6.45) is 1.25. The zero-order chi connectivity index (χ0) is 9.76. The van der Waals surface area contributed by atoms with Gasteiger partial charge in [-0.25, -0.2) is 0 Å². The third kappa shape index (κ3) is 0.955. The molecule has 0 amide bonds. The van der Waals surface area contributed by atoms with E-state index in [1.807, 2.05) is 0 Å². The molecule has 0 bridgehead atoms. The lowest BCUT2D eigenvalue weighted by Gasteiger charge is -2.08. The van der Waals surface area contributed by atoms with E-state index in [0.29, 0.717) is 5.54 Å². The molecule has 1 aromatic carbocycles. The molecule has 3 rings (SSSR count). The minimum absolute atomic E-state index is 0.468. The lowest BCUT2D eigenvalue weighted by atomic mass is 10.0. The molecule has 0 aliphatic carbocycles. The molecule has 1 nitrogen and oxygen atoms in total. The van der Waals surface area contributed by atoms with Crippen molar-refractivity contribution in [2.45, 2.75) is 25.8 Å². The van der Waals surface area contributed by atoms with Crippen LogP contribution >= 0.6 is 0 Å². The Morgan fingerprint density at radius 2 is 1.93 bits per heavy atom.